The van der Waals surface area contributed by atoms with Gasteiger partial charge >= 0.3 is 0 Å². The molecular formula is C25H27BrN2O4S. The molecule has 0 atom stereocenters. The van der Waals surface area contributed by atoms with Crippen LogP contribution in [0.25, 0.3) is 0 Å². The number of aryl methyl sites for hydroxylation is 1. The Kier molecular flexibility index (Phi) is 7.88. The van der Waals surface area contributed by atoms with E-state index in [4.69, 9.17) is 18.9 Å². The summed E-state index contributed by atoms with van der Waals surface area (Å²) >= 11 is 5.18. The Morgan fingerprint density at radius 2 is 2.00 bits per heavy atom. The zero-order valence-electron chi connectivity index (χ0n) is 18.8. The fourth-order valence-electron chi connectivity index (χ4n) is 3.87. The molecule has 2 heterocycles. The molecule has 33 heavy (non-hydrogen) atoms. The van der Waals surface area contributed by atoms with Crippen LogP contribution in [0, 0.1) is 0 Å². The number of aliphatic imine (C=N–C) groups is 1. The molecule has 6 nitrogen and oxygen atoms in total. The minimum atomic E-state index is -0.115. The first-order chi connectivity index (χ1) is 16.1. The van der Waals surface area contributed by atoms with E-state index in [9.17, 15) is 4.79 Å². The van der Waals surface area contributed by atoms with Crippen molar-refractivity contribution < 1.29 is 18.7 Å². The van der Waals surface area contributed by atoms with Gasteiger partial charge in [0.05, 0.1) is 36.1 Å². The van der Waals surface area contributed by atoms with Crippen LogP contribution in [0.5, 0.6) is 11.5 Å². The number of hydrogen-bond donors (Lipinski definition) is 1. The first-order valence-corrected chi connectivity index (χ1v) is 12.8. The van der Waals surface area contributed by atoms with Gasteiger partial charge in [-0.15, -0.1) is 11.3 Å². The molecule has 1 amide bonds. The average molecular weight is 531 g/mol. The average Bonchev–Trinajstić information content (AvgIpc) is 3.46. The lowest BCUT2D eigenvalue weighted by Crippen LogP contribution is -2.23. The predicted octanol–water partition coefficient (Wildman–Crippen LogP) is 6.46. The largest absolute Gasteiger partial charge is 0.493 e. The lowest BCUT2D eigenvalue weighted by Gasteiger charge is -2.13. The SMILES string of the molecule is CCOc1cc(OCC)c(C=Nc2sc3c(c2C(=O)NCc2ccco2)CCCC3)cc1Br. The maximum atomic E-state index is 13.2. The zero-order chi connectivity index (χ0) is 23.2. The number of furan rings is 1. The van der Waals surface area contributed by atoms with Gasteiger partial charge in [0.2, 0.25) is 0 Å². The van der Waals surface area contributed by atoms with Crippen molar-refractivity contribution in [2.75, 3.05) is 13.2 Å². The fraction of sp³-hybridized carbons (Fsp3) is 0.360. The van der Waals surface area contributed by atoms with Crippen LogP contribution in [0.4, 0.5) is 5.00 Å². The highest BCUT2D eigenvalue weighted by Crippen LogP contribution is 2.40. The van der Waals surface area contributed by atoms with E-state index in [0.717, 1.165) is 57.8 Å². The fourth-order valence-corrected chi connectivity index (χ4v) is 5.58. The molecule has 174 valence electrons. The summed E-state index contributed by atoms with van der Waals surface area (Å²) in [5.41, 5.74) is 2.63. The van der Waals surface area contributed by atoms with Gasteiger partial charge in [-0.25, -0.2) is 4.99 Å². The summed E-state index contributed by atoms with van der Waals surface area (Å²) in [5.74, 6) is 2.02. The second-order valence-electron chi connectivity index (χ2n) is 7.60. The topological polar surface area (TPSA) is 73.1 Å². The van der Waals surface area contributed by atoms with Crippen molar-refractivity contribution in [1.29, 1.82) is 0 Å². The minimum absolute atomic E-state index is 0.115. The Morgan fingerprint density at radius 1 is 1.21 bits per heavy atom. The van der Waals surface area contributed by atoms with Crippen LogP contribution in [-0.2, 0) is 19.4 Å². The molecule has 1 aromatic carbocycles. The van der Waals surface area contributed by atoms with E-state index in [1.807, 2.05) is 38.1 Å². The van der Waals surface area contributed by atoms with Crippen LogP contribution in [0.3, 0.4) is 0 Å². The molecule has 0 aliphatic heterocycles. The maximum Gasteiger partial charge on any atom is 0.255 e. The molecule has 3 aromatic rings. The Labute approximate surface area is 206 Å². The van der Waals surface area contributed by atoms with E-state index in [-0.39, 0.29) is 5.91 Å². The van der Waals surface area contributed by atoms with Crippen LogP contribution in [-0.4, -0.2) is 25.3 Å². The van der Waals surface area contributed by atoms with Gasteiger partial charge in [0.25, 0.3) is 5.91 Å². The number of thiophene rings is 1. The first kappa shape index (κ1) is 23.6. The Morgan fingerprint density at radius 3 is 2.76 bits per heavy atom. The van der Waals surface area contributed by atoms with Crippen molar-refractivity contribution in [3.8, 4) is 11.5 Å². The number of carbonyl (C=O) groups is 1. The minimum Gasteiger partial charge on any atom is -0.493 e. The highest BCUT2D eigenvalue weighted by atomic mass is 79.9. The molecule has 0 bridgehead atoms. The number of rotatable bonds is 9. The smallest absolute Gasteiger partial charge is 0.255 e. The number of carbonyl (C=O) groups excluding carboxylic acids is 1. The number of halogens is 1. The number of fused-ring (bicyclic) bond motifs is 1. The summed E-state index contributed by atoms with van der Waals surface area (Å²) in [6.07, 6.45) is 7.51. The van der Waals surface area contributed by atoms with Gasteiger partial charge in [-0.1, -0.05) is 0 Å². The van der Waals surface area contributed by atoms with Gasteiger partial charge in [0.1, 0.15) is 22.3 Å². The van der Waals surface area contributed by atoms with E-state index in [1.54, 1.807) is 23.8 Å². The van der Waals surface area contributed by atoms with Gasteiger partial charge < -0.3 is 19.2 Å². The number of hydrogen-bond acceptors (Lipinski definition) is 6. The predicted molar refractivity (Wildman–Crippen MR) is 135 cm³/mol. The molecule has 2 aromatic heterocycles. The van der Waals surface area contributed by atoms with Gasteiger partial charge in [-0.3, -0.25) is 4.79 Å². The normalized spacial score (nSPS) is 13.2. The summed E-state index contributed by atoms with van der Waals surface area (Å²) in [5, 5.41) is 3.72. The molecular weight excluding hydrogens is 504 g/mol. The number of ether oxygens (including phenoxy) is 2. The van der Waals surface area contributed by atoms with Gasteiger partial charge in [-0.05, 0) is 79.2 Å². The zero-order valence-corrected chi connectivity index (χ0v) is 21.2. The molecule has 1 N–H and O–H groups in total. The van der Waals surface area contributed by atoms with Crippen molar-refractivity contribution in [2.45, 2.75) is 46.1 Å². The Bertz CT molecular complexity index is 1140. The third-order valence-electron chi connectivity index (χ3n) is 5.37. The van der Waals surface area contributed by atoms with E-state index in [2.05, 4.69) is 21.2 Å². The summed E-state index contributed by atoms with van der Waals surface area (Å²) < 4.78 is 17.7. The van der Waals surface area contributed by atoms with Crippen LogP contribution >= 0.6 is 27.3 Å². The van der Waals surface area contributed by atoms with E-state index < -0.39 is 0 Å². The van der Waals surface area contributed by atoms with Crippen LogP contribution in [0.2, 0.25) is 0 Å². The van der Waals surface area contributed by atoms with Crippen LogP contribution in [0.1, 0.15) is 58.8 Å². The molecule has 0 spiro atoms. The molecule has 4 rings (SSSR count). The number of benzene rings is 1. The van der Waals surface area contributed by atoms with Crippen molar-refractivity contribution in [3.05, 3.63) is 62.3 Å². The molecule has 1 aliphatic carbocycles. The summed E-state index contributed by atoms with van der Waals surface area (Å²) in [7, 11) is 0. The Hall–Kier alpha value is -2.58. The first-order valence-electron chi connectivity index (χ1n) is 11.2. The molecule has 0 saturated heterocycles. The molecule has 0 saturated carbocycles. The highest BCUT2D eigenvalue weighted by molar-refractivity contribution is 9.10. The van der Waals surface area contributed by atoms with Crippen molar-refractivity contribution in [1.82, 2.24) is 5.32 Å². The Balaban J connectivity index is 1.65. The highest BCUT2D eigenvalue weighted by Gasteiger charge is 2.25. The van der Waals surface area contributed by atoms with Crippen molar-refractivity contribution in [2.24, 2.45) is 4.99 Å². The van der Waals surface area contributed by atoms with Crippen molar-refractivity contribution in [3.63, 3.8) is 0 Å². The molecule has 0 radical (unpaired) electrons. The van der Waals surface area contributed by atoms with Crippen LogP contribution in [0.15, 0.2) is 44.4 Å². The maximum absolute atomic E-state index is 13.2. The third kappa shape index (κ3) is 5.50. The van der Waals surface area contributed by atoms with Crippen molar-refractivity contribution >= 4 is 44.4 Å². The van der Waals surface area contributed by atoms with E-state index >= 15 is 0 Å². The van der Waals surface area contributed by atoms with Gasteiger partial charge in [-0.2, -0.15) is 0 Å². The number of nitrogens with one attached hydrogen (secondary N) is 1. The van der Waals surface area contributed by atoms with Gasteiger partial charge in [0, 0.05) is 22.7 Å². The lowest BCUT2D eigenvalue weighted by atomic mass is 9.95. The van der Waals surface area contributed by atoms with E-state index in [1.165, 1.54) is 4.88 Å². The summed E-state index contributed by atoms with van der Waals surface area (Å²) in [6.45, 7) is 5.33. The molecule has 0 unspecified atom stereocenters. The summed E-state index contributed by atoms with van der Waals surface area (Å²) in [6, 6.07) is 7.47. The van der Waals surface area contributed by atoms with Crippen LogP contribution < -0.4 is 14.8 Å². The number of nitrogens with zero attached hydrogens (tertiary/aromatic N) is 1. The molecule has 1 aliphatic rings. The summed E-state index contributed by atoms with van der Waals surface area (Å²) in [4.78, 5) is 19.2. The standard InChI is InChI=1S/C25H27BrN2O4S/c1-3-30-20-13-21(31-4-2)19(26)12-16(20)14-28-25-23(18-9-5-6-10-22(18)33-25)24(29)27-15-17-8-7-11-32-17/h7-8,11-14H,3-6,9-10,15H2,1-2H3,(H,27,29). The quantitative estimate of drug-likeness (QED) is 0.322. The third-order valence-corrected chi connectivity index (χ3v) is 7.19. The monoisotopic (exact) mass is 530 g/mol. The van der Waals surface area contributed by atoms with E-state index in [0.29, 0.717) is 31.1 Å². The van der Waals surface area contributed by atoms with Gasteiger partial charge in [0.15, 0.2) is 0 Å². The second kappa shape index (κ2) is 11.0. The second-order valence-corrected chi connectivity index (χ2v) is 9.54. The molecule has 8 heteroatoms. The molecule has 0 fully saturated rings. The lowest BCUT2D eigenvalue weighted by molar-refractivity contribution is 0.0948. The number of amides is 1.